The zero-order valence-corrected chi connectivity index (χ0v) is 10.9. The van der Waals surface area contributed by atoms with Crippen LogP contribution >= 0.6 is 11.8 Å². The molecule has 4 nitrogen and oxygen atoms in total. The zero-order chi connectivity index (χ0) is 13.7. The summed E-state index contributed by atoms with van der Waals surface area (Å²) in [5, 5.41) is 5.32. The van der Waals surface area contributed by atoms with Gasteiger partial charge in [-0.25, -0.2) is 4.79 Å². The lowest BCUT2D eigenvalue weighted by molar-refractivity contribution is 0.189. The first-order valence-corrected chi connectivity index (χ1v) is 6.72. The Bertz CT molecular complexity index is 439. The van der Waals surface area contributed by atoms with Gasteiger partial charge in [0.1, 0.15) is 0 Å². The van der Waals surface area contributed by atoms with Crippen LogP contribution < -0.4 is 10.6 Å². The molecule has 0 aliphatic carbocycles. The van der Waals surface area contributed by atoms with Gasteiger partial charge in [0.25, 0.3) is 5.76 Å². The van der Waals surface area contributed by atoms with Crippen LogP contribution in [0.4, 0.5) is 19.3 Å². The van der Waals surface area contributed by atoms with Crippen LogP contribution in [0.5, 0.6) is 0 Å². The van der Waals surface area contributed by atoms with Crippen molar-refractivity contribution >= 4 is 23.5 Å². The van der Waals surface area contributed by atoms with Gasteiger partial charge in [0.05, 0.1) is 18.3 Å². The SMILES string of the molecule is O=C(Nc1ccccc1SC(F)F)NC1CCOC1. The first-order chi connectivity index (χ1) is 9.15. The number of carbonyl (C=O) groups is 1. The Balaban J connectivity index is 1.95. The van der Waals surface area contributed by atoms with Gasteiger partial charge in [-0.3, -0.25) is 0 Å². The average Bonchev–Trinajstić information content (AvgIpc) is 2.83. The van der Waals surface area contributed by atoms with E-state index in [2.05, 4.69) is 10.6 Å². The summed E-state index contributed by atoms with van der Waals surface area (Å²) >= 11 is 0.409. The molecule has 1 saturated heterocycles. The minimum Gasteiger partial charge on any atom is -0.379 e. The molecule has 0 aromatic heterocycles. The quantitative estimate of drug-likeness (QED) is 0.838. The lowest BCUT2D eigenvalue weighted by atomic mass is 10.3. The van der Waals surface area contributed by atoms with E-state index in [1.165, 1.54) is 0 Å². The van der Waals surface area contributed by atoms with Gasteiger partial charge in [0.2, 0.25) is 0 Å². The predicted octanol–water partition coefficient (Wildman–Crippen LogP) is 2.91. The van der Waals surface area contributed by atoms with Crippen molar-refractivity contribution in [2.45, 2.75) is 23.1 Å². The molecule has 2 amide bonds. The molecular weight excluding hydrogens is 274 g/mol. The highest BCUT2D eigenvalue weighted by atomic mass is 32.2. The molecule has 19 heavy (non-hydrogen) atoms. The summed E-state index contributed by atoms with van der Waals surface area (Å²) in [7, 11) is 0. The van der Waals surface area contributed by atoms with E-state index in [-0.39, 0.29) is 6.04 Å². The van der Waals surface area contributed by atoms with E-state index in [0.29, 0.717) is 35.6 Å². The van der Waals surface area contributed by atoms with E-state index < -0.39 is 11.8 Å². The van der Waals surface area contributed by atoms with Gasteiger partial charge < -0.3 is 15.4 Å². The van der Waals surface area contributed by atoms with E-state index in [1.54, 1.807) is 24.3 Å². The number of anilines is 1. The second kappa shape index (κ2) is 6.72. The van der Waals surface area contributed by atoms with Gasteiger partial charge in [-0.05, 0) is 18.6 Å². The van der Waals surface area contributed by atoms with Crippen LogP contribution in [0.15, 0.2) is 29.2 Å². The van der Waals surface area contributed by atoms with Crippen LogP contribution in [0.1, 0.15) is 6.42 Å². The number of nitrogens with one attached hydrogen (secondary N) is 2. The molecule has 104 valence electrons. The number of ether oxygens (including phenoxy) is 1. The third kappa shape index (κ3) is 4.36. The molecule has 2 N–H and O–H groups in total. The fourth-order valence-electron chi connectivity index (χ4n) is 1.76. The molecule has 1 fully saturated rings. The fraction of sp³-hybridized carbons (Fsp3) is 0.417. The van der Waals surface area contributed by atoms with Crippen molar-refractivity contribution < 1.29 is 18.3 Å². The predicted molar refractivity (Wildman–Crippen MR) is 69.7 cm³/mol. The van der Waals surface area contributed by atoms with Crippen LogP contribution in [0.2, 0.25) is 0 Å². The molecule has 7 heteroatoms. The average molecular weight is 288 g/mol. The van der Waals surface area contributed by atoms with Crippen molar-refractivity contribution in [3.05, 3.63) is 24.3 Å². The molecule has 1 unspecified atom stereocenters. The van der Waals surface area contributed by atoms with Gasteiger partial charge >= 0.3 is 6.03 Å². The topological polar surface area (TPSA) is 50.4 Å². The maximum Gasteiger partial charge on any atom is 0.319 e. The molecular formula is C12H14F2N2O2S. The maximum absolute atomic E-state index is 12.4. The van der Waals surface area contributed by atoms with Crippen molar-refractivity contribution in [1.29, 1.82) is 0 Å². The van der Waals surface area contributed by atoms with E-state index in [0.717, 1.165) is 6.42 Å². The van der Waals surface area contributed by atoms with Crippen LogP contribution in [0.25, 0.3) is 0 Å². The minimum atomic E-state index is -2.52. The molecule has 0 spiro atoms. The first-order valence-electron chi connectivity index (χ1n) is 5.84. The number of alkyl halides is 2. The van der Waals surface area contributed by atoms with Crippen molar-refractivity contribution in [2.24, 2.45) is 0 Å². The summed E-state index contributed by atoms with van der Waals surface area (Å²) in [5.41, 5.74) is 0.379. The highest BCUT2D eigenvalue weighted by Crippen LogP contribution is 2.31. The van der Waals surface area contributed by atoms with Crippen molar-refractivity contribution in [3.8, 4) is 0 Å². The monoisotopic (exact) mass is 288 g/mol. The molecule has 1 aromatic rings. The van der Waals surface area contributed by atoms with Crippen LogP contribution in [0.3, 0.4) is 0 Å². The lowest BCUT2D eigenvalue weighted by Gasteiger charge is -2.14. The van der Waals surface area contributed by atoms with E-state index in [1.807, 2.05) is 0 Å². The van der Waals surface area contributed by atoms with Crippen molar-refractivity contribution in [2.75, 3.05) is 18.5 Å². The molecule has 0 radical (unpaired) electrons. The Kier molecular flexibility index (Phi) is 4.98. The number of amides is 2. The molecule has 1 heterocycles. The van der Waals surface area contributed by atoms with Gasteiger partial charge in [0.15, 0.2) is 0 Å². The Labute approximate surface area is 113 Å². The third-order valence-electron chi connectivity index (χ3n) is 2.62. The lowest BCUT2D eigenvalue weighted by Crippen LogP contribution is -2.38. The number of rotatable bonds is 4. The molecule has 1 aliphatic heterocycles. The Morgan fingerprint density at radius 2 is 2.21 bits per heavy atom. The highest BCUT2D eigenvalue weighted by Gasteiger charge is 2.18. The van der Waals surface area contributed by atoms with E-state index in [9.17, 15) is 13.6 Å². The molecule has 2 rings (SSSR count). The van der Waals surface area contributed by atoms with Crippen LogP contribution in [0, 0.1) is 0 Å². The van der Waals surface area contributed by atoms with E-state index in [4.69, 9.17) is 4.74 Å². The number of carbonyl (C=O) groups excluding carboxylic acids is 1. The number of hydrogen-bond donors (Lipinski definition) is 2. The molecule has 1 aliphatic rings. The van der Waals surface area contributed by atoms with Crippen LogP contribution in [-0.4, -0.2) is 31.0 Å². The number of hydrogen-bond acceptors (Lipinski definition) is 3. The first kappa shape index (κ1) is 14.1. The molecule has 0 saturated carbocycles. The van der Waals surface area contributed by atoms with E-state index >= 15 is 0 Å². The number of para-hydroxylation sites is 1. The summed E-state index contributed by atoms with van der Waals surface area (Å²) in [4.78, 5) is 12.1. The molecule has 1 aromatic carbocycles. The molecule has 0 bridgehead atoms. The Morgan fingerprint density at radius 1 is 1.42 bits per heavy atom. The van der Waals surface area contributed by atoms with Crippen molar-refractivity contribution in [3.63, 3.8) is 0 Å². The largest absolute Gasteiger partial charge is 0.379 e. The van der Waals surface area contributed by atoms with Crippen molar-refractivity contribution in [1.82, 2.24) is 5.32 Å². The van der Waals surface area contributed by atoms with Gasteiger partial charge in [-0.1, -0.05) is 23.9 Å². The summed E-state index contributed by atoms with van der Waals surface area (Å²) < 4.78 is 29.9. The Hall–Kier alpha value is -1.34. The summed E-state index contributed by atoms with van der Waals surface area (Å²) in [6.45, 7) is 1.11. The fourth-order valence-corrected chi connectivity index (χ4v) is 2.36. The second-order valence-corrected chi connectivity index (χ2v) is 5.07. The summed E-state index contributed by atoms with van der Waals surface area (Å²) in [5.74, 6) is -2.52. The standard InChI is InChI=1S/C12H14F2N2O2S/c13-11(14)19-10-4-2-1-3-9(10)16-12(17)15-8-5-6-18-7-8/h1-4,8,11H,5-7H2,(H2,15,16,17). The summed E-state index contributed by atoms with van der Waals surface area (Å²) in [6, 6.07) is 6.05. The highest BCUT2D eigenvalue weighted by molar-refractivity contribution is 7.99. The third-order valence-corrected chi connectivity index (χ3v) is 3.40. The van der Waals surface area contributed by atoms with Crippen LogP contribution in [-0.2, 0) is 4.74 Å². The Morgan fingerprint density at radius 3 is 2.89 bits per heavy atom. The molecule has 1 atom stereocenters. The number of benzene rings is 1. The second-order valence-electron chi connectivity index (χ2n) is 4.03. The van der Waals surface area contributed by atoms with Gasteiger partial charge in [-0.2, -0.15) is 8.78 Å². The van der Waals surface area contributed by atoms with Gasteiger partial charge in [0, 0.05) is 11.5 Å². The number of urea groups is 1. The minimum absolute atomic E-state index is 0.0186. The smallest absolute Gasteiger partial charge is 0.319 e. The normalized spacial score (nSPS) is 18.6. The maximum atomic E-state index is 12.4. The summed E-state index contributed by atoms with van der Waals surface area (Å²) in [6.07, 6.45) is 0.765. The zero-order valence-electron chi connectivity index (χ0n) is 10.1. The number of halogens is 2. The van der Waals surface area contributed by atoms with Gasteiger partial charge in [-0.15, -0.1) is 0 Å². The number of thioether (sulfide) groups is 1.